The SMILES string of the molecule is CC1CCC(=O)CC1SC(C)(C)C. The molecule has 1 aliphatic rings. The Balaban J connectivity index is 2.51. The fourth-order valence-corrected chi connectivity index (χ4v) is 3.26. The molecule has 0 aromatic rings. The number of carbonyl (C=O) groups is 1. The topological polar surface area (TPSA) is 17.1 Å². The van der Waals surface area contributed by atoms with Crippen molar-refractivity contribution in [3.63, 3.8) is 0 Å². The molecular formula is C11H20OS. The summed E-state index contributed by atoms with van der Waals surface area (Å²) in [7, 11) is 0. The number of ketones is 1. The molecule has 1 saturated carbocycles. The maximum atomic E-state index is 11.3. The number of hydrogen-bond acceptors (Lipinski definition) is 2. The third-order valence-corrected chi connectivity index (χ3v) is 4.09. The molecule has 1 rings (SSSR count). The highest BCUT2D eigenvalue weighted by atomic mass is 32.2. The van der Waals surface area contributed by atoms with E-state index in [-0.39, 0.29) is 4.75 Å². The lowest BCUT2D eigenvalue weighted by atomic mass is 9.89. The summed E-state index contributed by atoms with van der Waals surface area (Å²) in [6.45, 7) is 8.95. The maximum Gasteiger partial charge on any atom is 0.134 e. The molecule has 1 fully saturated rings. The van der Waals surface area contributed by atoms with Gasteiger partial charge in [-0.15, -0.1) is 0 Å². The van der Waals surface area contributed by atoms with E-state index in [0.717, 1.165) is 19.3 Å². The van der Waals surface area contributed by atoms with Crippen LogP contribution in [-0.4, -0.2) is 15.8 Å². The molecule has 0 amide bonds. The molecular weight excluding hydrogens is 180 g/mol. The molecule has 0 aromatic heterocycles. The average Bonchev–Trinajstić information content (AvgIpc) is 1.94. The zero-order chi connectivity index (χ0) is 10.1. The summed E-state index contributed by atoms with van der Waals surface area (Å²) in [6.07, 6.45) is 2.69. The first-order chi connectivity index (χ1) is 5.88. The molecule has 2 heteroatoms. The predicted octanol–water partition coefficient (Wildman–Crippen LogP) is 3.28. The fourth-order valence-electron chi connectivity index (χ4n) is 1.71. The Labute approximate surface area is 85.7 Å². The van der Waals surface area contributed by atoms with E-state index in [4.69, 9.17) is 0 Å². The minimum Gasteiger partial charge on any atom is -0.300 e. The number of hydrogen-bond donors (Lipinski definition) is 0. The van der Waals surface area contributed by atoms with Gasteiger partial charge in [0.15, 0.2) is 0 Å². The minimum absolute atomic E-state index is 0.288. The van der Waals surface area contributed by atoms with Crippen molar-refractivity contribution in [2.45, 2.75) is 57.0 Å². The fraction of sp³-hybridized carbons (Fsp3) is 0.909. The summed E-state index contributed by atoms with van der Waals surface area (Å²) >= 11 is 1.97. The highest BCUT2D eigenvalue weighted by Gasteiger charge is 2.29. The summed E-state index contributed by atoms with van der Waals surface area (Å²) in [5.74, 6) is 1.17. The highest BCUT2D eigenvalue weighted by Crippen LogP contribution is 2.38. The Morgan fingerprint density at radius 3 is 2.54 bits per heavy atom. The Morgan fingerprint density at radius 1 is 1.38 bits per heavy atom. The first-order valence-corrected chi connectivity index (χ1v) is 5.96. The minimum atomic E-state index is 0.288. The second kappa shape index (κ2) is 4.04. The summed E-state index contributed by atoms with van der Waals surface area (Å²) < 4.78 is 0.288. The molecule has 1 aliphatic carbocycles. The quantitative estimate of drug-likeness (QED) is 0.646. The number of carbonyl (C=O) groups excluding carboxylic acids is 1. The van der Waals surface area contributed by atoms with Crippen molar-refractivity contribution in [3.8, 4) is 0 Å². The van der Waals surface area contributed by atoms with Crippen LogP contribution in [0.4, 0.5) is 0 Å². The van der Waals surface area contributed by atoms with E-state index in [9.17, 15) is 4.79 Å². The van der Waals surface area contributed by atoms with Crippen LogP contribution in [0.1, 0.15) is 47.0 Å². The number of Topliss-reactive ketones (excluding diaryl/α,β-unsaturated/α-hetero) is 1. The van der Waals surface area contributed by atoms with Crippen molar-refractivity contribution in [2.75, 3.05) is 0 Å². The molecule has 13 heavy (non-hydrogen) atoms. The van der Waals surface area contributed by atoms with Crippen LogP contribution in [0.5, 0.6) is 0 Å². The molecule has 0 bridgehead atoms. The molecule has 0 saturated heterocycles. The molecule has 0 spiro atoms. The van der Waals surface area contributed by atoms with Gasteiger partial charge in [0.1, 0.15) is 5.78 Å². The van der Waals surface area contributed by atoms with Gasteiger partial charge in [0.25, 0.3) is 0 Å². The molecule has 0 radical (unpaired) electrons. The Kier molecular flexibility index (Phi) is 3.44. The second-order valence-corrected chi connectivity index (χ2v) is 7.09. The van der Waals surface area contributed by atoms with Crippen molar-refractivity contribution >= 4 is 17.5 Å². The molecule has 0 N–H and O–H groups in total. The van der Waals surface area contributed by atoms with Gasteiger partial charge in [0.2, 0.25) is 0 Å². The monoisotopic (exact) mass is 200 g/mol. The van der Waals surface area contributed by atoms with E-state index in [2.05, 4.69) is 27.7 Å². The van der Waals surface area contributed by atoms with E-state index < -0.39 is 0 Å². The first kappa shape index (κ1) is 11.1. The maximum absolute atomic E-state index is 11.3. The highest BCUT2D eigenvalue weighted by molar-refractivity contribution is 8.01. The van der Waals surface area contributed by atoms with E-state index in [1.807, 2.05) is 11.8 Å². The lowest BCUT2D eigenvalue weighted by molar-refractivity contribution is -0.120. The van der Waals surface area contributed by atoms with Gasteiger partial charge in [0.05, 0.1) is 0 Å². The van der Waals surface area contributed by atoms with Gasteiger partial charge in [-0.2, -0.15) is 11.8 Å². The lowest BCUT2D eigenvalue weighted by Crippen LogP contribution is -2.28. The lowest BCUT2D eigenvalue weighted by Gasteiger charge is -2.32. The van der Waals surface area contributed by atoms with Crippen LogP contribution in [0, 0.1) is 5.92 Å². The van der Waals surface area contributed by atoms with Crippen LogP contribution in [0.2, 0.25) is 0 Å². The van der Waals surface area contributed by atoms with E-state index in [0.29, 0.717) is 17.0 Å². The van der Waals surface area contributed by atoms with E-state index >= 15 is 0 Å². The van der Waals surface area contributed by atoms with Crippen molar-refractivity contribution in [2.24, 2.45) is 5.92 Å². The van der Waals surface area contributed by atoms with Crippen molar-refractivity contribution in [3.05, 3.63) is 0 Å². The van der Waals surface area contributed by atoms with Crippen LogP contribution >= 0.6 is 11.8 Å². The van der Waals surface area contributed by atoms with Gasteiger partial charge in [-0.3, -0.25) is 4.79 Å². The van der Waals surface area contributed by atoms with Crippen LogP contribution in [-0.2, 0) is 4.79 Å². The predicted molar refractivity (Wildman–Crippen MR) is 59.2 cm³/mol. The Hall–Kier alpha value is 0.0200. The van der Waals surface area contributed by atoms with Crippen molar-refractivity contribution < 1.29 is 4.79 Å². The van der Waals surface area contributed by atoms with Crippen molar-refractivity contribution in [1.82, 2.24) is 0 Å². The molecule has 0 heterocycles. The first-order valence-electron chi connectivity index (χ1n) is 5.08. The van der Waals surface area contributed by atoms with E-state index in [1.165, 1.54) is 0 Å². The van der Waals surface area contributed by atoms with Gasteiger partial charge in [-0.1, -0.05) is 27.7 Å². The summed E-state index contributed by atoms with van der Waals surface area (Å²) in [5, 5.41) is 0.557. The number of rotatable bonds is 1. The summed E-state index contributed by atoms with van der Waals surface area (Å²) in [4.78, 5) is 11.3. The van der Waals surface area contributed by atoms with Crippen LogP contribution < -0.4 is 0 Å². The number of thioether (sulfide) groups is 1. The van der Waals surface area contributed by atoms with Crippen LogP contribution in [0.3, 0.4) is 0 Å². The third-order valence-electron chi connectivity index (χ3n) is 2.45. The van der Waals surface area contributed by atoms with Gasteiger partial charge in [-0.05, 0) is 12.3 Å². The van der Waals surface area contributed by atoms with Crippen LogP contribution in [0.25, 0.3) is 0 Å². The summed E-state index contributed by atoms with van der Waals surface area (Å²) in [6, 6.07) is 0. The van der Waals surface area contributed by atoms with E-state index in [1.54, 1.807) is 0 Å². The van der Waals surface area contributed by atoms with Gasteiger partial charge in [-0.25, -0.2) is 0 Å². The van der Waals surface area contributed by atoms with Crippen molar-refractivity contribution in [1.29, 1.82) is 0 Å². The molecule has 0 aliphatic heterocycles. The normalized spacial score (nSPS) is 30.6. The zero-order valence-corrected chi connectivity index (χ0v) is 9.91. The molecule has 2 unspecified atom stereocenters. The van der Waals surface area contributed by atoms with Gasteiger partial charge in [0, 0.05) is 22.8 Å². The smallest absolute Gasteiger partial charge is 0.134 e. The molecule has 0 aromatic carbocycles. The second-order valence-electron chi connectivity index (χ2n) is 5.03. The zero-order valence-electron chi connectivity index (χ0n) is 9.09. The Morgan fingerprint density at radius 2 is 2.00 bits per heavy atom. The molecule has 76 valence electrons. The average molecular weight is 200 g/mol. The Bertz CT molecular complexity index is 193. The third kappa shape index (κ3) is 3.72. The standard InChI is InChI=1S/C11H20OS/c1-8-5-6-9(12)7-10(8)13-11(2,3)4/h8,10H,5-7H2,1-4H3. The van der Waals surface area contributed by atoms with Gasteiger partial charge < -0.3 is 0 Å². The largest absolute Gasteiger partial charge is 0.300 e. The summed E-state index contributed by atoms with van der Waals surface area (Å²) in [5.41, 5.74) is 0. The molecule has 1 nitrogen and oxygen atoms in total. The van der Waals surface area contributed by atoms with Gasteiger partial charge >= 0.3 is 0 Å². The van der Waals surface area contributed by atoms with Crippen LogP contribution in [0.15, 0.2) is 0 Å². The molecule has 2 atom stereocenters.